The largest absolute Gasteiger partial charge is 0.309 e. The van der Waals surface area contributed by atoms with Crippen molar-refractivity contribution in [3.05, 3.63) is 29.3 Å². The highest BCUT2D eigenvalue weighted by atomic mass is 16.2. The third-order valence-corrected chi connectivity index (χ3v) is 4.65. The van der Waals surface area contributed by atoms with E-state index in [4.69, 9.17) is 0 Å². The first-order valence-electron chi connectivity index (χ1n) is 9.32. The standard InChI is InChI=1S/C21H35NO/c1-7-9-11-19(12-10-8-2)22(21(23)16(3)4)20-14-13-17(5)18(6)15-20/h13-16,19H,7-12H2,1-6H3. The van der Waals surface area contributed by atoms with Crippen LogP contribution in [0.15, 0.2) is 18.2 Å². The van der Waals surface area contributed by atoms with Crippen LogP contribution in [0.25, 0.3) is 0 Å². The lowest BCUT2D eigenvalue weighted by Gasteiger charge is -2.34. The van der Waals surface area contributed by atoms with Crippen molar-refractivity contribution in [3.8, 4) is 0 Å². The third kappa shape index (κ3) is 5.67. The summed E-state index contributed by atoms with van der Waals surface area (Å²) in [4.78, 5) is 15.0. The Labute approximate surface area is 143 Å². The molecule has 0 radical (unpaired) electrons. The Kier molecular flexibility index (Phi) is 8.36. The number of anilines is 1. The van der Waals surface area contributed by atoms with E-state index in [2.05, 4.69) is 50.8 Å². The second-order valence-corrected chi connectivity index (χ2v) is 7.07. The molecule has 0 aromatic heterocycles. The fourth-order valence-corrected chi connectivity index (χ4v) is 2.95. The van der Waals surface area contributed by atoms with Crippen molar-refractivity contribution in [2.24, 2.45) is 5.92 Å². The highest BCUT2D eigenvalue weighted by Crippen LogP contribution is 2.27. The van der Waals surface area contributed by atoms with Gasteiger partial charge in [0.25, 0.3) is 0 Å². The molecule has 0 saturated carbocycles. The molecule has 2 heteroatoms. The maximum atomic E-state index is 12.9. The first-order valence-corrected chi connectivity index (χ1v) is 9.32. The summed E-state index contributed by atoms with van der Waals surface area (Å²) in [6, 6.07) is 6.77. The van der Waals surface area contributed by atoms with Gasteiger partial charge in [-0.3, -0.25) is 4.79 Å². The van der Waals surface area contributed by atoms with E-state index in [1.54, 1.807) is 0 Å². The first-order chi connectivity index (χ1) is 10.9. The quantitative estimate of drug-likeness (QED) is 0.543. The number of amides is 1. The van der Waals surface area contributed by atoms with Crippen molar-refractivity contribution in [2.75, 3.05) is 4.90 Å². The highest BCUT2D eigenvalue weighted by Gasteiger charge is 2.26. The van der Waals surface area contributed by atoms with Gasteiger partial charge in [0.2, 0.25) is 5.91 Å². The predicted molar refractivity (Wildman–Crippen MR) is 101 cm³/mol. The highest BCUT2D eigenvalue weighted by molar-refractivity contribution is 5.95. The molecule has 0 aliphatic rings. The molecular formula is C21H35NO. The number of carbonyl (C=O) groups is 1. The molecule has 0 unspecified atom stereocenters. The van der Waals surface area contributed by atoms with E-state index in [-0.39, 0.29) is 11.8 Å². The van der Waals surface area contributed by atoms with Crippen molar-refractivity contribution in [1.29, 1.82) is 0 Å². The number of carbonyl (C=O) groups excluding carboxylic acids is 1. The molecule has 0 heterocycles. The van der Waals surface area contributed by atoms with Gasteiger partial charge in [-0.1, -0.05) is 59.4 Å². The van der Waals surface area contributed by atoms with E-state index in [1.165, 1.54) is 36.8 Å². The van der Waals surface area contributed by atoms with E-state index >= 15 is 0 Å². The van der Waals surface area contributed by atoms with Crippen molar-refractivity contribution in [2.45, 2.75) is 86.1 Å². The Bertz CT molecular complexity index is 485. The Balaban J connectivity index is 3.18. The van der Waals surface area contributed by atoms with Crippen molar-refractivity contribution in [1.82, 2.24) is 0 Å². The molecule has 2 nitrogen and oxygen atoms in total. The maximum absolute atomic E-state index is 12.9. The lowest BCUT2D eigenvalue weighted by Crippen LogP contribution is -2.43. The number of hydrogen-bond donors (Lipinski definition) is 0. The van der Waals surface area contributed by atoms with Crippen molar-refractivity contribution in [3.63, 3.8) is 0 Å². The summed E-state index contributed by atoms with van der Waals surface area (Å²) < 4.78 is 0. The molecule has 1 aromatic rings. The fourth-order valence-electron chi connectivity index (χ4n) is 2.95. The molecule has 1 rings (SSSR count). The average molecular weight is 318 g/mol. The Morgan fingerprint density at radius 1 is 1.00 bits per heavy atom. The Morgan fingerprint density at radius 2 is 1.57 bits per heavy atom. The molecule has 130 valence electrons. The second kappa shape index (κ2) is 9.75. The molecule has 0 bridgehead atoms. The fraction of sp³-hybridized carbons (Fsp3) is 0.667. The molecule has 23 heavy (non-hydrogen) atoms. The summed E-state index contributed by atoms with van der Waals surface area (Å²) in [5, 5.41) is 0. The number of nitrogens with zero attached hydrogens (tertiary/aromatic N) is 1. The zero-order valence-electron chi connectivity index (χ0n) is 16.0. The lowest BCUT2D eigenvalue weighted by molar-refractivity contribution is -0.122. The van der Waals surface area contributed by atoms with Crippen LogP contribution in [0.1, 0.15) is 77.3 Å². The summed E-state index contributed by atoms with van der Waals surface area (Å²) in [7, 11) is 0. The summed E-state index contributed by atoms with van der Waals surface area (Å²) >= 11 is 0. The molecule has 1 aromatic carbocycles. The Morgan fingerprint density at radius 3 is 2.00 bits per heavy atom. The van der Waals surface area contributed by atoms with Crippen LogP contribution >= 0.6 is 0 Å². The molecule has 0 aliphatic carbocycles. The van der Waals surface area contributed by atoms with Crippen LogP contribution in [0.5, 0.6) is 0 Å². The van der Waals surface area contributed by atoms with Crippen LogP contribution in [0.2, 0.25) is 0 Å². The molecular weight excluding hydrogens is 282 g/mol. The normalized spacial score (nSPS) is 11.3. The minimum atomic E-state index is 0.0300. The maximum Gasteiger partial charge on any atom is 0.229 e. The molecule has 0 saturated heterocycles. The van der Waals surface area contributed by atoms with Crippen LogP contribution in [0.4, 0.5) is 5.69 Å². The summed E-state index contributed by atoms with van der Waals surface area (Å²) in [6.07, 6.45) is 6.92. The zero-order chi connectivity index (χ0) is 17.4. The van der Waals surface area contributed by atoms with Crippen LogP contribution in [-0.4, -0.2) is 11.9 Å². The van der Waals surface area contributed by atoms with E-state index in [0.29, 0.717) is 6.04 Å². The molecule has 0 aliphatic heterocycles. The third-order valence-electron chi connectivity index (χ3n) is 4.65. The van der Waals surface area contributed by atoms with Crippen LogP contribution in [0.3, 0.4) is 0 Å². The minimum Gasteiger partial charge on any atom is -0.309 e. The summed E-state index contributed by atoms with van der Waals surface area (Å²) in [5.74, 6) is 0.285. The van der Waals surface area contributed by atoms with Gasteiger partial charge in [0.15, 0.2) is 0 Å². The van der Waals surface area contributed by atoms with Gasteiger partial charge in [0.05, 0.1) is 0 Å². The van der Waals surface area contributed by atoms with E-state index in [9.17, 15) is 4.79 Å². The molecule has 0 N–H and O–H groups in total. The SMILES string of the molecule is CCCCC(CCCC)N(C(=O)C(C)C)c1ccc(C)c(C)c1. The van der Waals surface area contributed by atoms with Gasteiger partial charge in [0, 0.05) is 17.6 Å². The average Bonchev–Trinajstić information content (AvgIpc) is 2.52. The van der Waals surface area contributed by atoms with Gasteiger partial charge >= 0.3 is 0 Å². The number of aryl methyl sites for hydroxylation is 2. The number of hydrogen-bond acceptors (Lipinski definition) is 1. The van der Waals surface area contributed by atoms with E-state index < -0.39 is 0 Å². The Hall–Kier alpha value is -1.31. The molecule has 0 fully saturated rings. The van der Waals surface area contributed by atoms with Crippen LogP contribution < -0.4 is 4.90 Å². The number of unbranched alkanes of at least 4 members (excludes halogenated alkanes) is 2. The van der Waals surface area contributed by atoms with Gasteiger partial charge in [-0.15, -0.1) is 0 Å². The topological polar surface area (TPSA) is 20.3 Å². The molecule has 1 amide bonds. The van der Waals surface area contributed by atoms with Gasteiger partial charge in [-0.05, 0) is 49.9 Å². The monoisotopic (exact) mass is 317 g/mol. The van der Waals surface area contributed by atoms with E-state index in [0.717, 1.165) is 18.5 Å². The smallest absolute Gasteiger partial charge is 0.229 e. The van der Waals surface area contributed by atoms with Crippen LogP contribution in [-0.2, 0) is 4.79 Å². The first kappa shape index (κ1) is 19.7. The van der Waals surface area contributed by atoms with Gasteiger partial charge in [0.1, 0.15) is 0 Å². The van der Waals surface area contributed by atoms with Crippen LogP contribution in [0, 0.1) is 19.8 Å². The van der Waals surface area contributed by atoms with Crippen molar-refractivity contribution >= 4 is 11.6 Å². The van der Waals surface area contributed by atoms with Gasteiger partial charge in [-0.25, -0.2) is 0 Å². The lowest BCUT2D eigenvalue weighted by atomic mass is 9.98. The number of rotatable bonds is 9. The van der Waals surface area contributed by atoms with Crippen molar-refractivity contribution < 1.29 is 4.79 Å². The zero-order valence-corrected chi connectivity index (χ0v) is 16.0. The summed E-state index contributed by atoms with van der Waals surface area (Å²) in [5.41, 5.74) is 3.61. The number of benzene rings is 1. The molecule has 0 spiro atoms. The predicted octanol–water partition coefficient (Wildman–Crippen LogP) is 6.04. The minimum absolute atomic E-state index is 0.0300. The molecule has 0 atom stereocenters. The second-order valence-electron chi connectivity index (χ2n) is 7.07. The van der Waals surface area contributed by atoms with Gasteiger partial charge in [-0.2, -0.15) is 0 Å². The van der Waals surface area contributed by atoms with E-state index in [1.807, 2.05) is 13.8 Å². The van der Waals surface area contributed by atoms with Gasteiger partial charge < -0.3 is 4.90 Å². The summed E-state index contributed by atoms with van der Waals surface area (Å²) in [6.45, 7) is 12.7.